The smallest absolute Gasteiger partial charge is 0.137 e. The van der Waals surface area contributed by atoms with Crippen molar-refractivity contribution in [1.82, 2.24) is 10.3 Å². The summed E-state index contributed by atoms with van der Waals surface area (Å²) in [6.07, 6.45) is 7.83. The van der Waals surface area contributed by atoms with Gasteiger partial charge in [0.2, 0.25) is 0 Å². The van der Waals surface area contributed by atoms with Crippen molar-refractivity contribution in [3.05, 3.63) is 24.0 Å². The van der Waals surface area contributed by atoms with Crippen LogP contribution in [0.4, 0.5) is 0 Å². The van der Waals surface area contributed by atoms with E-state index in [9.17, 15) is 0 Å². The number of aromatic nitrogens is 1. The summed E-state index contributed by atoms with van der Waals surface area (Å²) in [6, 6.07) is 2.16. The van der Waals surface area contributed by atoms with Gasteiger partial charge in [-0.05, 0) is 61.7 Å². The molecule has 0 aromatic carbocycles. The lowest BCUT2D eigenvalue weighted by Crippen LogP contribution is -2.40. The van der Waals surface area contributed by atoms with Crippen LogP contribution in [0, 0.1) is 11.8 Å². The number of piperidine rings is 1. The molecular weight excluding hydrogens is 212 g/mol. The highest BCUT2D eigenvalue weighted by Gasteiger charge is 2.32. The van der Waals surface area contributed by atoms with E-state index in [0.717, 1.165) is 17.6 Å². The van der Waals surface area contributed by atoms with Crippen molar-refractivity contribution in [2.75, 3.05) is 20.2 Å². The Bertz CT molecular complexity index is 382. The van der Waals surface area contributed by atoms with Crippen LogP contribution < -0.4 is 10.1 Å². The molecule has 1 N–H and O–H groups in total. The van der Waals surface area contributed by atoms with Gasteiger partial charge in [0.25, 0.3) is 0 Å². The highest BCUT2D eigenvalue weighted by atomic mass is 16.5. The lowest BCUT2D eigenvalue weighted by molar-refractivity contribution is 0.186. The zero-order chi connectivity index (χ0) is 11.7. The van der Waals surface area contributed by atoms with Crippen LogP contribution in [0.25, 0.3) is 0 Å². The summed E-state index contributed by atoms with van der Waals surface area (Å²) in [5, 5.41) is 3.54. The van der Waals surface area contributed by atoms with E-state index in [1.54, 1.807) is 13.3 Å². The Morgan fingerprint density at radius 2 is 1.94 bits per heavy atom. The Balaban J connectivity index is 1.79. The summed E-state index contributed by atoms with van der Waals surface area (Å²) in [4.78, 5) is 4.28. The van der Waals surface area contributed by atoms with E-state index in [4.69, 9.17) is 4.74 Å². The number of hydrogen-bond donors (Lipinski definition) is 1. The summed E-state index contributed by atoms with van der Waals surface area (Å²) in [5.74, 6) is 3.29. The fraction of sp³-hybridized carbons (Fsp3) is 0.643. The van der Waals surface area contributed by atoms with Gasteiger partial charge in [0, 0.05) is 6.20 Å². The molecule has 3 heteroatoms. The van der Waals surface area contributed by atoms with Gasteiger partial charge < -0.3 is 10.1 Å². The largest absolute Gasteiger partial charge is 0.495 e. The molecule has 2 aliphatic rings. The Morgan fingerprint density at radius 3 is 2.65 bits per heavy atom. The molecule has 92 valence electrons. The Kier molecular flexibility index (Phi) is 3.02. The van der Waals surface area contributed by atoms with Gasteiger partial charge in [-0.25, -0.2) is 0 Å². The second-order valence-corrected chi connectivity index (χ2v) is 5.45. The van der Waals surface area contributed by atoms with Crippen molar-refractivity contribution in [3.8, 4) is 5.75 Å². The lowest BCUT2D eigenvalue weighted by atomic mass is 9.71. The molecule has 3 rings (SSSR count). The summed E-state index contributed by atoms with van der Waals surface area (Å²) >= 11 is 0. The molecule has 1 aromatic heterocycles. The molecule has 0 spiro atoms. The molecule has 3 nitrogen and oxygen atoms in total. The number of ether oxygens (including phenoxy) is 1. The van der Waals surface area contributed by atoms with Crippen molar-refractivity contribution in [2.45, 2.75) is 25.2 Å². The van der Waals surface area contributed by atoms with Crippen molar-refractivity contribution < 1.29 is 4.74 Å². The maximum Gasteiger partial charge on any atom is 0.137 e. The Morgan fingerprint density at radius 1 is 1.18 bits per heavy atom. The number of methoxy groups -OCH3 is 1. The van der Waals surface area contributed by atoms with E-state index in [1.165, 1.54) is 37.9 Å². The zero-order valence-corrected chi connectivity index (χ0v) is 10.4. The molecule has 1 aliphatic carbocycles. The number of rotatable bonds is 2. The highest BCUT2D eigenvalue weighted by molar-refractivity contribution is 5.27. The van der Waals surface area contributed by atoms with Crippen molar-refractivity contribution in [2.24, 2.45) is 11.8 Å². The second kappa shape index (κ2) is 4.65. The Hall–Kier alpha value is -1.09. The molecule has 0 radical (unpaired) electrons. The van der Waals surface area contributed by atoms with Crippen LogP contribution >= 0.6 is 0 Å². The molecule has 1 aromatic rings. The predicted octanol–water partition coefficient (Wildman–Crippen LogP) is 2.19. The van der Waals surface area contributed by atoms with E-state index in [0.29, 0.717) is 5.92 Å². The average molecular weight is 232 g/mol. The average Bonchev–Trinajstić information content (AvgIpc) is 2.38. The predicted molar refractivity (Wildman–Crippen MR) is 67.2 cm³/mol. The van der Waals surface area contributed by atoms with E-state index >= 15 is 0 Å². The number of nitrogens with zero attached hydrogens (tertiary/aromatic N) is 1. The molecule has 1 saturated carbocycles. The van der Waals surface area contributed by atoms with E-state index in [1.807, 2.05) is 6.20 Å². The molecule has 1 aliphatic heterocycles. The first-order chi connectivity index (χ1) is 8.35. The molecule has 2 fully saturated rings. The first-order valence-corrected chi connectivity index (χ1v) is 6.55. The lowest BCUT2D eigenvalue weighted by Gasteiger charge is -2.39. The van der Waals surface area contributed by atoms with Gasteiger partial charge >= 0.3 is 0 Å². The van der Waals surface area contributed by atoms with Crippen LogP contribution in [0.1, 0.15) is 30.7 Å². The third-order valence-electron chi connectivity index (χ3n) is 4.21. The fourth-order valence-corrected chi connectivity index (χ4v) is 3.43. The van der Waals surface area contributed by atoms with Crippen LogP contribution in [-0.4, -0.2) is 25.2 Å². The molecule has 2 atom stereocenters. The summed E-state index contributed by atoms with van der Waals surface area (Å²) in [5.41, 5.74) is 1.36. The van der Waals surface area contributed by atoms with Gasteiger partial charge in [-0.15, -0.1) is 0 Å². The van der Waals surface area contributed by atoms with Crippen molar-refractivity contribution in [1.29, 1.82) is 0 Å². The molecule has 2 unspecified atom stereocenters. The topological polar surface area (TPSA) is 34.1 Å². The minimum Gasteiger partial charge on any atom is -0.495 e. The third-order valence-corrected chi connectivity index (χ3v) is 4.21. The van der Waals surface area contributed by atoms with Gasteiger partial charge in [0.1, 0.15) is 5.75 Å². The minimum atomic E-state index is 0.684. The third kappa shape index (κ3) is 2.29. The molecule has 17 heavy (non-hydrogen) atoms. The number of hydrogen-bond acceptors (Lipinski definition) is 3. The second-order valence-electron chi connectivity index (χ2n) is 5.45. The van der Waals surface area contributed by atoms with Crippen LogP contribution in [0.5, 0.6) is 5.75 Å². The molecular formula is C14H20N2O. The maximum absolute atomic E-state index is 5.26. The van der Waals surface area contributed by atoms with Crippen molar-refractivity contribution in [3.63, 3.8) is 0 Å². The van der Waals surface area contributed by atoms with Gasteiger partial charge in [-0.1, -0.05) is 0 Å². The van der Waals surface area contributed by atoms with Crippen LogP contribution in [0.15, 0.2) is 18.5 Å². The molecule has 1 saturated heterocycles. The fourth-order valence-electron chi connectivity index (χ4n) is 3.43. The standard InChI is InChI=1S/C14H20N2O/c1-17-14-5-13(8-16-9-14)12-3-10-2-11(4-12)7-15-6-10/h5,8-12,15H,2-4,6-7H2,1H3. The van der Waals surface area contributed by atoms with Crippen LogP contribution in [0.3, 0.4) is 0 Å². The minimum absolute atomic E-state index is 0.684. The van der Waals surface area contributed by atoms with E-state index < -0.39 is 0 Å². The molecule has 2 heterocycles. The summed E-state index contributed by atoms with van der Waals surface area (Å²) in [7, 11) is 1.71. The molecule has 2 bridgehead atoms. The number of nitrogens with one attached hydrogen (secondary N) is 1. The monoisotopic (exact) mass is 232 g/mol. The normalized spacial score (nSPS) is 32.2. The van der Waals surface area contributed by atoms with E-state index in [-0.39, 0.29) is 0 Å². The Labute approximate surface area is 103 Å². The maximum atomic E-state index is 5.26. The zero-order valence-electron chi connectivity index (χ0n) is 10.4. The van der Waals surface area contributed by atoms with Gasteiger partial charge in [0.15, 0.2) is 0 Å². The number of fused-ring (bicyclic) bond motifs is 2. The quantitative estimate of drug-likeness (QED) is 0.848. The summed E-state index contributed by atoms with van der Waals surface area (Å²) < 4.78 is 5.26. The molecule has 0 amide bonds. The van der Waals surface area contributed by atoms with E-state index in [2.05, 4.69) is 16.4 Å². The summed E-state index contributed by atoms with van der Waals surface area (Å²) in [6.45, 7) is 2.40. The van der Waals surface area contributed by atoms with Gasteiger partial charge in [-0.2, -0.15) is 0 Å². The number of pyridine rings is 1. The SMILES string of the molecule is COc1cncc(C2CC3CNCC(C3)C2)c1. The highest BCUT2D eigenvalue weighted by Crippen LogP contribution is 2.41. The van der Waals surface area contributed by atoms with Gasteiger partial charge in [0.05, 0.1) is 13.3 Å². The van der Waals surface area contributed by atoms with Gasteiger partial charge in [-0.3, -0.25) is 4.98 Å². The van der Waals surface area contributed by atoms with Crippen molar-refractivity contribution >= 4 is 0 Å². The first kappa shape index (κ1) is 11.0. The van der Waals surface area contributed by atoms with Crippen LogP contribution in [0.2, 0.25) is 0 Å². The first-order valence-electron chi connectivity index (χ1n) is 6.55. The van der Waals surface area contributed by atoms with Crippen LogP contribution in [-0.2, 0) is 0 Å².